The van der Waals surface area contributed by atoms with Gasteiger partial charge in [0, 0.05) is 25.3 Å². The van der Waals surface area contributed by atoms with Gasteiger partial charge in [-0.05, 0) is 38.0 Å². The second-order valence-corrected chi connectivity index (χ2v) is 5.43. The van der Waals surface area contributed by atoms with E-state index in [9.17, 15) is 4.79 Å². The van der Waals surface area contributed by atoms with Crippen LogP contribution >= 0.6 is 0 Å². The van der Waals surface area contributed by atoms with Gasteiger partial charge in [-0.25, -0.2) is 0 Å². The standard InChI is InChI=1S/C16H25N3O/c1-3-19(13-7-5-4-6-8-13)15-11-12(17)9-10-14(15)16(20)18-2/h9-11,13H,3-8,17H2,1-2H3,(H,18,20). The van der Waals surface area contributed by atoms with Crippen LogP contribution in [0, 0.1) is 0 Å². The van der Waals surface area contributed by atoms with Gasteiger partial charge < -0.3 is 16.0 Å². The number of nitrogens with two attached hydrogens (primary N) is 1. The van der Waals surface area contributed by atoms with Crippen molar-refractivity contribution in [1.82, 2.24) is 5.32 Å². The van der Waals surface area contributed by atoms with Gasteiger partial charge in [0.1, 0.15) is 0 Å². The third kappa shape index (κ3) is 3.06. The van der Waals surface area contributed by atoms with E-state index in [4.69, 9.17) is 5.73 Å². The molecule has 1 aliphatic carbocycles. The van der Waals surface area contributed by atoms with Gasteiger partial charge in [-0.15, -0.1) is 0 Å². The second-order valence-electron chi connectivity index (χ2n) is 5.43. The van der Waals surface area contributed by atoms with Crippen molar-refractivity contribution in [3.8, 4) is 0 Å². The summed E-state index contributed by atoms with van der Waals surface area (Å²) in [6.45, 7) is 3.05. The summed E-state index contributed by atoms with van der Waals surface area (Å²) in [4.78, 5) is 14.4. The Morgan fingerprint density at radius 3 is 2.65 bits per heavy atom. The van der Waals surface area contributed by atoms with Crippen LogP contribution in [-0.4, -0.2) is 25.5 Å². The SMILES string of the molecule is CCN(c1cc(N)ccc1C(=O)NC)C1CCCCC1. The van der Waals surface area contributed by atoms with Crippen LogP contribution < -0.4 is 16.0 Å². The molecule has 1 aromatic rings. The first-order chi connectivity index (χ1) is 9.67. The molecule has 1 aliphatic rings. The first-order valence-electron chi connectivity index (χ1n) is 7.55. The topological polar surface area (TPSA) is 58.4 Å². The number of amides is 1. The number of hydrogen-bond donors (Lipinski definition) is 2. The van der Waals surface area contributed by atoms with E-state index >= 15 is 0 Å². The zero-order chi connectivity index (χ0) is 14.5. The van der Waals surface area contributed by atoms with Crippen molar-refractivity contribution < 1.29 is 4.79 Å². The highest BCUT2D eigenvalue weighted by Crippen LogP contribution is 2.31. The molecule has 0 heterocycles. The number of anilines is 2. The fourth-order valence-corrected chi connectivity index (χ4v) is 3.13. The number of rotatable bonds is 4. The third-order valence-corrected chi connectivity index (χ3v) is 4.16. The monoisotopic (exact) mass is 275 g/mol. The van der Waals surface area contributed by atoms with Crippen molar-refractivity contribution in [2.45, 2.75) is 45.1 Å². The molecule has 110 valence electrons. The van der Waals surface area contributed by atoms with Crippen LogP contribution in [0.5, 0.6) is 0 Å². The Balaban J connectivity index is 2.36. The van der Waals surface area contributed by atoms with E-state index in [2.05, 4.69) is 17.1 Å². The van der Waals surface area contributed by atoms with E-state index < -0.39 is 0 Å². The van der Waals surface area contributed by atoms with Gasteiger partial charge in [0.15, 0.2) is 0 Å². The van der Waals surface area contributed by atoms with E-state index in [1.54, 1.807) is 13.1 Å². The Bertz CT molecular complexity index is 467. The maximum absolute atomic E-state index is 12.1. The summed E-state index contributed by atoms with van der Waals surface area (Å²) >= 11 is 0. The lowest BCUT2D eigenvalue weighted by molar-refractivity contribution is 0.0963. The Morgan fingerprint density at radius 1 is 1.35 bits per heavy atom. The fraction of sp³-hybridized carbons (Fsp3) is 0.562. The van der Waals surface area contributed by atoms with Crippen molar-refractivity contribution >= 4 is 17.3 Å². The van der Waals surface area contributed by atoms with Crippen molar-refractivity contribution in [3.05, 3.63) is 23.8 Å². The molecular weight excluding hydrogens is 250 g/mol. The highest BCUT2D eigenvalue weighted by molar-refractivity contribution is 6.00. The van der Waals surface area contributed by atoms with Gasteiger partial charge in [-0.3, -0.25) is 4.79 Å². The number of nitrogens with zero attached hydrogens (tertiary/aromatic N) is 1. The lowest BCUT2D eigenvalue weighted by Crippen LogP contribution is -2.38. The van der Waals surface area contributed by atoms with Crippen molar-refractivity contribution in [1.29, 1.82) is 0 Å². The quantitative estimate of drug-likeness (QED) is 0.831. The molecule has 4 heteroatoms. The van der Waals surface area contributed by atoms with Crippen LogP contribution in [0.1, 0.15) is 49.4 Å². The minimum atomic E-state index is -0.0470. The molecule has 0 bridgehead atoms. The molecule has 0 saturated heterocycles. The van der Waals surface area contributed by atoms with E-state index in [0.717, 1.165) is 12.2 Å². The Hall–Kier alpha value is -1.71. The number of hydrogen-bond acceptors (Lipinski definition) is 3. The molecule has 0 atom stereocenters. The molecule has 3 N–H and O–H groups in total. The predicted octanol–water partition coefficient (Wildman–Crippen LogP) is 2.79. The van der Waals surface area contributed by atoms with Crippen LogP contribution in [-0.2, 0) is 0 Å². The summed E-state index contributed by atoms with van der Waals surface area (Å²) < 4.78 is 0. The summed E-state index contributed by atoms with van der Waals surface area (Å²) in [6, 6.07) is 6.08. The molecule has 0 aromatic heterocycles. The summed E-state index contributed by atoms with van der Waals surface area (Å²) in [5, 5.41) is 2.72. The van der Waals surface area contributed by atoms with Crippen LogP contribution in [0.25, 0.3) is 0 Å². The summed E-state index contributed by atoms with van der Waals surface area (Å²) in [7, 11) is 1.67. The Labute approximate surface area is 121 Å². The maximum Gasteiger partial charge on any atom is 0.253 e. The smallest absolute Gasteiger partial charge is 0.253 e. The number of carbonyl (C=O) groups is 1. The van der Waals surface area contributed by atoms with Gasteiger partial charge in [-0.2, -0.15) is 0 Å². The highest BCUT2D eigenvalue weighted by atomic mass is 16.1. The lowest BCUT2D eigenvalue weighted by atomic mass is 9.93. The van der Waals surface area contributed by atoms with E-state index in [-0.39, 0.29) is 5.91 Å². The van der Waals surface area contributed by atoms with Gasteiger partial charge >= 0.3 is 0 Å². The minimum absolute atomic E-state index is 0.0470. The predicted molar refractivity (Wildman–Crippen MR) is 84.1 cm³/mol. The molecule has 4 nitrogen and oxygen atoms in total. The number of carbonyl (C=O) groups excluding carboxylic acids is 1. The van der Waals surface area contributed by atoms with Gasteiger partial charge in [-0.1, -0.05) is 19.3 Å². The van der Waals surface area contributed by atoms with Crippen molar-refractivity contribution in [3.63, 3.8) is 0 Å². The van der Waals surface area contributed by atoms with E-state index in [1.807, 2.05) is 12.1 Å². The molecule has 0 aliphatic heterocycles. The fourth-order valence-electron chi connectivity index (χ4n) is 3.13. The third-order valence-electron chi connectivity index (χ3n) is 4.16. The highest BCUT2D eigenvalue weighted by Gasteiger charge is 2.23. The minimum Gasteiger partial charge on any atom is -0.399 e. The van der Waals surface area contributed by atoms with Crippen LogP contribution in [0.15, 0.2) is 18.2 Å². The molecule has 1 fully saturated rings. The first-order valence-corrected chi connectivity index (χ1v) is 7.55. The van der Waals surface area contributed by atoms with Gasteiger partial charge in [0.25, 0.3) is 5.91 Å². The molecule has 0 unspecified atom stereocenters. The molecule has 1 aromatic carbocycles. The van der Waals surface area contributed by atoms with Gasteiger partial charge in [0.05, 0.1) is 11.3 Å². The average Bonchev–Trinajstić information content (AvgIpc) is 2.48. The molecule has 0 radical (unpaired) electrons. The number of nitrogen functional groups attached to an aromatic ring is 1. The zero-order valence-electron chi connectivity index (χ0n) is 12.5. The van der Waals surface area contributed by atoms with Crippen LogP contribution in [0.2, 0.25) is 0 Å². The van der Waals surface area contributed by atoms with Crippen molar-refractivity contribution in [2.75, 3.05) is 24.2 Å². The average molecular weight is 275 g/mol. The van der Waals surface area contributed by atoms with E-state index in [0.29, 0.717) is 17.3 Å². The second kappa shape index (κ2) is 6.64. The largest absolute Gasteiger partial charge is 0.399 e. The van der Waals surface area contributed by atoms with Crippen LogP contribution in [0.3, 0.4) is 0 Å². The molecule has 2 rings (SSSR count). The van der Waals surface area contributed by atoms with Crippen LogP contribution in [0.4, 0.5) is 11.4 Å². The summed E-state index contributed by atoms with van der Waals surface area (Å²) in [6.07, 6.45) is 6.29. The summed E-state index contributed by atoms with van der Waals surface area (Å²) in [5.74, 6) is -0.0470. The number of nitrogens with one attached hydrogen (secondary N) is 1. The van der Waals surface area contributed by atoms with Crippen molar-refractivity contribution in [2.24, 2.45) is 0 Å². The first kappa shape index (κ1) is 14.7. The maximum atomic E-state index is 12.1. The molecule has 1 saturated carbocycles. The Kier molecular flexibility index (Phi) is 4.88. The molecule has 20 heavy (non-hydrogen) atoms. The number of benzene rings is 1. The van der Waals surface area contributed by atoms with Gasteiger partial charge in [0.2, 0.25) is 0 Å². The Morgan fingerprint density at radius 2 is 2.05 bits per heavy atom. The molecule has 1 amide bonds. The lowest BCUT2D eigenvalue weighted by Gasteiger charge is -2.36. The van der Waals surface area contributed by atoms with E-state index in [1.165, 1.54) is 32.1 Å². The summed E-state index contributed by atoms with van der Waals surface area (Å²) in [5.41, 5.74) is 8.33. The molecule has 0 spiro atoms. The normalized spacial score (nSPS) is 15.9. The zero-order valence-corrected chi connectivity index (χ0v) is 12.5. The molecular formula is C16H25N3O.